The highest BCUT2D eigenvalue weighted by Gasteiger charge is 2.21. The summed E-state index contributed by atoms with van der Waals surface area (Å²) < 4.78 is 1.59. The smallest absolute Gasteiger partial charge is 0.377 e. The molecule has 10 heteroatoms. The van der Waals surface area contributed by atoms with Gasteiger partial charge in [0, 0.05) is 21.2 Å². The van der Waals surface area contributed by atoms with Crippen molar-refractivity contribution in [3.8, 4) is 11.4 Å². The Morgan fingerprint density at radius 2 is 1.72 bits per heavy atom. The predicted molar refractivity (Wildman–Crippen MR) is 114 cm³/mol. The standard InChI is InChI=1S/C19H13Cl2N5O2S/c1-10-15(18(27)28-25-16(22)11-2-6-13(20)7-3-11)29-19-23-17(24-26(10)19)12-4-8-14(21)9-5-12/h2-9H,1H3,(H2,22,25). The van der Waals surface area contributed by atoms with Gasteiger partial charge in [-0.05, 0) is 55.5 Å². The molecule has 0 unspecified atom stereocenters. The molecule has 29 heavy (non-hydrogen) atoms. The van der Waals surface area contributed by atoms with Gasteiger partial charge in [0.15, 0.2) is 11.7 Å². The summed E-state index contributed by atoms with van der Waals surface area (Å²) in [5, 5.41) is 9.38. The van der Waals surface area contributed by atoms with Gasteiger partial charge in [-0.2, -0.15) is 4.98 Å². The molecule has 0 atom stereocenters. The number of rotatable bonds is 4. The van der Waals surface area contributed by atoms with Gasteiger partial charge in [-0.3, -0.25) is 0 Å². The summed E-state index contributed by atoms with van der Waals surface area (Å²) in [6, 6.07) is 13.9. The number of hydrogen-bond donors (Lipinski definition) is 1. The lowest BCUT2D eigenvalue weighted by Gasteiger charge is -2.01. The highest BCUT2D eigenvalue weighted by atomic mass is 35.5. The van der Waals surface area contributed by atoms with Crippen LogP contribution >= 0.6 is 34.5 Å². The lowest BCUT2D eigenvalue weighted by atomic mass is 10.2. The molecular formula is C19H13Cl2N5O2S. The zero-order chi connectivity index (χ0) is 20.5. The molecule has 0 fully saturated rings. The minimum absolute atomic E-state index is 0.0668. The van der Waals surface area contributed by atoms with Gasteiger partial charge < -0.3 is 10.6 Å². The van der Waals surface area contributed by atoms with Crippen LogP contribution in [0, 0.1) is 6.92 Å². The quantitative estimate of drug-likeness (QED) is 0.215. The highest BCUT2D eigenvalue weighted by molar-refractivity contribution is 7.19. The van der Waals surface area contributed by atoms with E-state index in [0.29, 0.717) is 37.0 Å². The zero-order valence-corrected chi connectivity index (χ0v) is 17.3. The first-order valence-electron chi connectivity index (χ1n) is 8.35. The van der Waals surface area contributed by atoms with Crippen LogP contribution < -0.4 is 5.73 Å². The number of oxime groups is 1. The van der Waals surface area contributed by atoms with Gasteiger partial charge in [0.2, 0.25) is 4.96 Å². The van der Waals surface area contributed by atoms with Crippen molar-refractivity contribution in [2.75, 3.05) is 0 Å². The van der Waals surface area contributed by atoms with Gasteiger partial charge in [0.05, 0.1) is 5.69 Å². The molecule has 0 bridgehead atoms. The molecule has 4 aromatic rings. The lowest BCUT2D eigenvalue weighted by Crippen LogP contribution is -2.15. The number of carbonyl (C=O) groups is 1. The van der Waals surface area contributed by atoms with Gasteiger partial charge in [0.1, 0.15) is 4.88 Å². The Morgan fingerprint density at radius 3 is 2.34 bits per heavy atom. The third-order valence-corrected chi connectivity index (χ3v) is 5.69. The number of benzene rings is 2. The number of amidine groups is 1. The molecule has 2 aromatic heterocycles. The van der Waals surface area contributed by atoms with Crippen LogP contribution in [-0.4, -0.2) is 26.4 Å². The van der Waals surface area contributed by atoms with Crippen LogP contribution in [0.5, 0.6) is 0 Å². The number of fused-ring (bicyclic) bond motifs is 1. The van der Waals surface area contributed by atoms with Crippen molar-refractivity contribution in [1.82, 2.24) is 14.6 Å². The first-order chi connectivity index (χ1) is 13.9. The molecule has 0 amide bonds. The summed E-state index contributed by atoms with van der Waals surface area (Å²) in [6.45, 7) is 1.76. The number of nitrogens with zero attached hydrogens (tertiary/aromatic N) is 4. The molecule has 0 spiro atoms. The maximum atomic E-state index is 12.4. The van der Waals surface area contributed by atoms with E-state index in [1.165, 1.54) is 0 Å². The predicted octanol–water partition coefficient (Wildman–Crippen LogP) is 4.55. The van der Waals surface area contributed by atoms with Crippen LogP contribution in [0.2, 0.25) is 10.0 Å². The monoisotopic (exact) mass is 445 g/mol. The Hall–Kier alpha value is -2.94. The fourth-order valence-electron chi connectivity index (χ4n) is 2.56. The van der Waals surface area contributed by atoms with E-state index in [1.54, 1.807) is 47.8 Å². The Bertz CT molecular complexity index is 1230. The Balaban J connectivity index is 1.56. The number of aryl methyl sites for hydroxylation is 1. The molecular weight excluding hydrogens is 433 g/mol. The maximum Gasteiger partial charge on any atom is 0.377 e. The molecule has 0 aliphatic carbocycles. The molecule has 7 nitrogen and oxygen atoms in total. The number of carbonyl (C=O) groups excluding carboxylic acids is 1. The Morgan fingerprint density at radius 1 is 1.10 bits per heavy atom. The Labute approximate surface area is 179 Å². The van der Waals surface area contributed by atoms with E-state index in [2.05, 4.69) is 15.2 Å². The molecule has 2 aromatic carbocycles. The van der Waals surface area contributed by atoms with Crippen LogP contribution in [0.15, 0.2) is 53.7 Å². The topological polar surface area (TPSA) is 94.9 Å². The van der Waals surface area contributed by atoms with Gasteiger partial charge in [0.25, 0.3) is 0 Å². The summed E-state index contributed by atoms with van der Waals surface area (Å²) in [6.07, 6.45) is 0. The van der Waals surface area contributed by atoms with E-state index < -0.39 is 5.97 Å². The second-order valence-electron chi connectivity index (χ2n) is 6.02. The Kier molecular flexibility index (Phi) is 5.23. The van der Waals surface area contributed by atoms with Gasteiger partial charge >= 0.3 is 5.97 Å². The van der Waals surface area contributed by atoms with E-state index in [1.807, 2.05) is 12.1 Å². The van der Waals surface area contributed by atoms with E-state index in [4.69, 9.17) is 33.8 Å². The molecule has 146 valence electrons. The van der Waals surface area contributed by atoms with Crippen LogP contribution in [0.4, 0.5) is 0 Å². The van der Waals surface area contributed by atoms with Crippen LogP contribution in [0.1, 0.15) is 20.9 Å². The maximum absolute atomic E-state index is 12.4. The average Bonchev–Trinajstić information content (AvgIpc) is 3.26. The summed E-state index contributed by atoms with van der Waals surface area (Å²) in [4.78, 5) is 22.8. The van der Waals surface area contributed by atoms with Crippen molar-refractivity contribution >= 4 is 51.3 Å². The van der Waals surface area contributed by atoms with Crippen molar-refractivity contribution in [2.24, 2.45) is 10.9 Å². The molecule has 4 rings (SSSR count). The van der Waals surface area contributed by atoms with Crippen LogP contribution in [0.25, 0.3) is 16.3 Å². The zero-order valence-electron chi connectivity index (χ0n) is 15.0. The molecule has 2 heterocycles. The minimum atomic E-state index is -0.634. The SMILES string of the molecule is Cc1c(C(=O)O/N=C(/N)c2ccc(Cl)cc2)sc2nc(-c3ccc(Cl)cc3)nn12. The van der Waals surface area contributed by atoms with Crippen LogP contribution in [0.3, 0.4) is 0 Å². The fraction of sp³-hybridized carbons (Fsp3) is 0.0526. The number of nitrogens with two attached hydrogens (primary N) is 1. The van der Waals surface area contributed by atoms with Gasteiger partial charge in [-0.15, -0.1) is 5.10 Å². The largest absolute Gasteiger partial charge is 0.380 e. The molecule has 2 N–H and O–H groups in total. The molecule has 0 saturated carbocycles. The minimum Gasteiger partial charge on any atom is -0.380 e. The third-order valence-electron chi connectivity index (χ3n) is 4.07. The highest BCUT2D eigenvalue weighted by Crippen LogP contribution is 2.26. The van der Waals surface area contributed by atoms with Gasteiger partial charge in [-0.1, -0.05) is 39.7 Å². The van der Waals surface area contributed by atoms with E-state index in [9.17, 15) is 4.79 Å². The van der Waals surface area contributed by atoms with Crippen molar-refractivity contribution < 1.29 is 9.63 Å². The van der Waals surface area contributed by atoms with Gasteiger partial charge in [-0.25, -0.2) is 9.31 Å². The number of thiazole rings is 1. The number of hydrogen-bond acceptors (Lipinski definition) is 6. The molecule has 0 radical (unpaired) electrons. The third kappa shape index (κ3) is 3.95. The first kappa shape index (κ1) is 19.4. The summed E-state index contributed by atoms with van der Waals surface area (Å²) >= 11 is 12.9. The second kappa shape index (κ2) is 7.82. The van der Waals surface area contributed by atoms with Crippen molar-refractivity contribution in [3.05, 3.63) is 74.7 Å². The number of aromatic nitrogens is 3. The summed E-state index contributed by atoms with van der Waals surface area (Å²) in [5.41, 5.74) is 7.87. The fourth-order valence-corrected chi connectivity index (χ4v) is 3.75. The van der Waals surface area contributed by atoms with Crippen molar-refractivity contribution in [3.63, 3.8) is 0 Å². The van der Waals surface area contributed by atoms with Crippen molar-refractivity contribution in [1.29, 1.82) is 0 Å². The summed E-state index contributed by atoms with van der Waals surface area (Å²) in [7, 11) is 0. The van der Waals surface area contributed by atoms with E-state index in [-0.39, 0.29) is 5.84 Å². The molecule has 0 aliphatic heterocycles. The second-order valence-corrected chi connectivity index (χ2v) is 7.87. The molecule has 0 aliphatic rings. The number of halogens is 2. The molecule has 0 saturated heterocycles. The average molecular weight is 446 g/mol. The van der Waals surface area contributed by atoms with Crippen LogP contribution in [-0.2, 0) is 4.84 Å². The van der Waals surface area contributed by atoms with E-state index in [0.717, 1.165) is 16.9 Å². The van der Waals surface area contributed by atoms with E-state index >= 15 is 0 Å². The van der Waals surface area contributed by atoms with Crippen molar-refractivity contribution in [2.45, 2.75) is 6.92 Å². The lowest BCUT2D eigenvalue weighted by molar-refractivity contribution is 0.0520. The normalized spacial score (nSPS) is 11.8. The summed E-state index contributed by atoms with van der Waals surface area (Å²) in [5.74, 6) is -0.0251. The first-order valence-corrected chi connectivity index (χ1v) is 9.92.